The summed E-state index contributed by atoms with van der Waals surface area (Å²) in [6.07, 6.45) is 4.48. The van der Waals surface area contributed by atoms with Gasteiger partial charge in [0, 0.05) is 5.92 Å². The second-order valence-corrected chi connectivity index (χ2v) is 8.70. The zero-order chi connectivity index (χ0) is 22.5. The number of allylic oxidation sites excluding steroid dienone is 3. The second kappa shape index (κ2) is 9.96. The Balaban J connectivity index is 1.97. The van der Waals surface area contributed by atoms with Gasteiger partial charge in [-0.25, -0.2) is 0 Å². The number of benzene rings is 3. The summed E-state index contributed by atoms with van der Waals surface area (Å²) in [5.41, 5.74) is 13.2. The van der Waals surface area contributed by atoms with Gasteiger partial charge >= 0.3 is 0 Å². The molecule has 1 unspecified atom stereocenters. The standard InChI is InChI=1S/C31H36/c1-8-10-29(21(3)4)28(9-2)31-20-19-30(23(6)24(31)7)27-17-15-26(16-18-27)25-13-11-22(5)12-14-25/h10-20,28H,3,8-9H2,1-2,4-7H3/b29-10-. The van der Waals surface area contributed by atoms with Crippen molar-refractivity contribution in [3.8, 4) is 22.3 Å². The summed E-state index contributed by atoms with van der Waals surface area (Å²) in [6.45, 7) is 17.5. The van der Waals surface area contributed by atoms with Crippen LogP contribution < -0.4 is 0 Å². The first-order valence-corrected chi connectivity index (χ1v) is 11.5. The normalized spacial score (nSPS) is 12.6. The Bertz CT molecular complexity index is 1080. The van der Waals surface area contributed by atoms with Crippen LogP contribution in [0.4, 0.5) is 0 Å². The van der Waals surface area contributed by atoms with Crippen molar-refractivity contribution in [3.05, 3.63) is 107 Å². The van der Waals surface area contributed by atoms with Gasteiger partial charge in [-0.3, -0.25) is 0 Å². The van der Waals surface area contributed by atoms with E-state index < -0.39 is 0 Å². The number of aryl methyl sites for hydroxylation is 1. The highest BCUT2D eigenvalue weighted by atomic mass is 14.2. The molecule has 1 atom stereocenters. The summed E-state index contributed by atoms with van der Waals surface area (Å²) in [6, 6.07) is 22.4. The van der Waals surface area contributed by atoms with Crippen LogP contribution in [0.5, 0.6) is 0 Å². The molecule has 3 aromatic carbocycles. The molecule has 0 aliphatic rings. The van der Waals surface area contributed by atoms with Crippen LogP contribution in [-0.2, 0) is 0 Å². The minimum absolute atomic E-state index is 0.411. The van der Waals surface area contributed by atoms with Gasteiger partial charge in [0.25, 0.3) is 0 Å². The van der Waals surface area contributed by atoms with Crippen molar-refractivity contribution in [2.45, 2.75) is 60.3 Å². The van der Waals surface area contributed by atoms with E-state index in [0.717, 1.165) is 12.8 Å². The van der Waals surface area contributed by atoms with E-state index in [2.05, 4.69) is 115 Å². The Morgan fingerprint density at radius 1 is 0.774 bits per heavy atom. The third-order valence-corrected chi connectivity index (χ3v) is 6.49. The van der Waals surface area contributed by atoms with E-state index in [1.807, 2.05) is 0 Å². The summed E-state index contributed by atoms with van der Waals surface area (Å²) in [5, 5.41) is 0. The third kappa shape index (κ3) is 4.90. The van der Waals surface area contributed by atoms with Crippen LogP contribution >= 0.6 is 0 Å². The van der Waals surface area contributed by atoms with Gasteiger partial charge in [0.2, 0.25) is 0 Å². The van der Waals surface area contributed by atoms with Gasteiger partial charge in [-0.05, 0) is 85.1 Å². The van der Waals surface area contributed by atoms with E-state index in [0.29, 0.717) is 5.92 Å². The molecule has 0 saturated carbocycles. The lowest BCUT2D eigenvalue weighted by atomic mass is 9.80. The summed E-state index contributed by atoms with van der Waals surface area (Å²) in [7, 11) is 0. The van der Waals surface area contributed by atoms with E-state index in [1.165, 1.54) is 55.7 Å². The molecule has 0 aliphatic carbocycles. The average Bonchev–Trinajstić information content (AvgIpc) is 2.77. The van der Waals surface area contributed by atoms with E-state index >= 15 is 0 Å². The van der Waals surface area contributed by atoms with Crippen molar-refractivity contribution < 1.29 is 0 Å². The Hall–Kier alpha value is -2.86. The van der Waals surface area contributed by atoms with Crippen molar-refractivity contribution in [3.63, 3.8) is 0 Å². The van der Waals surface area contributed by atoms with Gasteiger partial charge in [-0.15, -0.1) is 0 Å². The van der Waals surface area contributed by atoms with Crippen molar-refractivity contribution >= 4 is 0 Å². The van der Waals surface area contributed by atoms with Crippen molar-refractivity contribution in [1.82, 2.24) is 0 Å². The maximum atomic E-state index is 4.26. The van der Waals surface area contributed by atoms with Gasteiger partial charge in [0.1, 0.15) is 0 Å². The van der Waals surface area contributed by atoms with Crippen LogP contribution in [0.15, 0.2) is 84.5 Å². The van der Waals surface area contributed by atoms with Crippen LogP contribution in [-0.4, -0.2) is 0 Å². The molecule has 3 aromatic rings. The number of hydrogen-bond donors (Lipinski definition) is 0. The van der Waals surface area contributed by atoms with Crippen LogP contribution in [0.3, 0.4) is 0 Å². The molecule has 0 aromatic heterocycles. The maximum absolute atomic E-state index is 4.26. The first-order chi connectivity index (χ1) is 14.9. The minimum atomic E-state index is 0.411. The van der Waals surface area contributed by atoms with Crippen LogP contribution in [0.1, 0.15) is 61.8 Å². The zero-order valence-corrected chi connectivity index (χ0v) is 20.0. The fourth-order valence-electron chi connectivity index (χ4n) is 4.56. The van der Waals surface area contributed by atoms with E-state index in [1.54, 1.807) is 0 Å². The predicted octanol–water partition coefficient (Wildman–Crippen LogP) is 9.35. The second-order valence-electron chi connectivity index (χ2n) is 8.70. The van der Waals surface area contributed by atoms with E-state index in [-0.39, 0.29) is 0 Å². The highest BCUT2D eigenvalue weighted by Crippen LogP contribution is 2.38. The van der Waals surface area contributed by atoms with Gasteiger partial charge in [0.15, 0.2) is 0 Å². The van der Waals surface area contributed by atoms with Crippen molar-refractivity contribution in [1.29, 1.82) is 0 Å². The summed E-state index contributed by atoms with van der Waals surface area (Å²) in [5.74, 6) is 0.411. The molecule has 0 nitrogen and oxygen atoms in total. The first kappa shape index (κ1) is 22.8. The van der Waals surface area contributed by atoms with Gasteiger partial charge < -0.3 is 0 Å². The number of rotatable bonds is 7. The molecule has 0 fully saturated rings. The predicted molar refractivity (Wildman–Crippen MR) is 138 cm³/mol. The Morgan fingerprint density at radius 3 is 1.84 bits per heavy atom. The molecule has 0 radical (unpaired) electrons. The molecule has 0 aliphatic heterocycles. The van der Waals surface area contributed by atoms with Gasteiger partial charge in [0.05, 0.1) is 0 Å². The zero-order valence-electron chi connectivity index (χ0n) is 20.0. The molecular formula is C31H36. The summed E-state index contributed by atoms with van der Waals surface area (Å²) < 4.78 is 0. The molecule has 0 saturated heterocycles. The van der Waals surface area contributed by atoms with Crippen LogP contribution in [0.25, 0.3) is 22.3 Å². The topological polar surface area (TPSA) is 0 Å². The largest absolute Gasteiger partial charge is 0.0958 e. The lowest BCUT2D eigenvalue weighted by molar-refractivity contribution is 0.755. The molecule has 0 N–H and O–H groups in total. The fourth-order valence-corrected chi connectivity index (χ4v) is 4.56. The van der Waals surface area contributed by atoms with E-state index in [4.69, 9.17) is 0 Å². The molecule has 0 heterocycles. The lowest BCUT2D eigenvalue weighted by Crippen LogP contribution is -2.06. The monoisotopic (exact) mass is 408 g/mol. The molecule has 0 bridgehead atoms. The van der Waals surface area contributed by atoms with Crippen molar-refractivity contribution in [2.24, 2.45) is 0 Å². The Labute approximate surface area is 189 Å². The van der Waals surface area contributed by atoms with E-state index in [9.17, 15) is 0 Å². The molecule has 0 spiro atoms. The van der Waals surface area contributed by atoms with Gasteiger partial charge in [-0.1, -0.05) is 98.3 Å². The smallest absolute Gasteiger partial charge is 0.00886 e. The highest BCUT2D eigenvalue weighted by Gasteiger charge is 2.19. The SMILES string of the molecule is C=C(C)/C(=C/CC)C(CC)c1ccc(-c2ccc(-c3ccc(C)cc3)cc2)c(C)c1C. The average molecular weight is 409 g/mol. The molecular weight excluding hydrogens is 372 g/mol. The third-order valence-electron chi connectivity index (χ3n) is 6.49. The quantitative estimate of drug-likeness (QED) is 0.342. The summed E-state index contributed by atoms with van der Waals surface area (Å²) >= 11 is 0. The lowest BCUT2D eigenvalue weighted by Gasteiger charge is -2.24. The first-order valence-electron chi connectivity index (χ1n) is 11.5. The molecule has 3 rings (SSSR count). The summed E-state index contributed by atoms with van der Waals surface area (Å²) in [4.78, 5) is 0. The van der Waals surface area contributed by atoms with Crippen molar-refractivity contribution in [2.75, 3.05) is 0 Å². The Kier molecular flexibility index (Phi) is 7.33. The highest BCUT2D eigenvalue weighted by molar-refractivity contribution is 5.73. The fraction of sp³-hybridized carbons (Fsp3) is 0.290. The maximum Gasteiger partial charge on any atom is 0.00886 e. The molecule has 0 amide bonds. The Morgan fingerprint density at radius 2 is 1.32 bits per heavy atom. The number of hydrogen-bond acceptors (Lipinski definition) is 0. The van der Waals surface area contributed by atoms with Crippen LogP contribution in [0, 0.1) is 20.8 Å². The minimum Gasteiger partial charge on any atom is -0.0958 e. The molecule has 31 heavy (non-hydrogen) atoms. The van der Waals surface area contributed by atoms with Crippen LogP contribution in [0.2, 0.25) is 0 Å². The molecule has 160 valence electrons. The van der Waals surface area contributed by atoms with Gasteiger partial charge in [-0.2, -0.15) is 0 Å². The molecule has 0 heteroatoms.